The fourth-order valence-corrected chi connectivity index (χ4v) is 1.25. The fourth-order valence-electron chi connectivity index (χ4n) is 1.25. The highest BCUT2D eigenvalue weighted by molar-refractivity contribution is 5.94. The predicted molar refractivity (Wildman–Crippen MR) is 66.6 cm³/mol. The normalized spacial score (nSPS) is 12.3. The average Bonchev–Trinajstić information content (AvgIpc) is 2.29. The molecule has 94 valence electrons. The molecule has 0 aromatic heterocycles. The molecule has 0 saturated heterocycles. The van der Waals surface area contributed by atoms with E-state index >= 15 is 0 Å². The number of rotatable bonds is 5. The minimum atomic E-state index is -0.437. The number of hydrogen-bond donors (Lipinski definition) is 1. The van der Waals surface area contributed by atoms with Gasteiger partial charge in [0.2, 0.25) is 0 Å². The van der Waals surface area contributed by atoms with E-state index in [0.29, 0.717) is 5.69 Å². The van der Waals surface area contributed by atoms with Crippen molar-refractivity contribution >= 4 is 17.3 Å². The summed E-state index contributed by atoms with van der Waals surface area (Å²) in [5, 5.41) is 17.1. The summed E-state index contributed by atoms with van der Waals surface area (Å²) in [7, 11) is 0. The van der Waals surface area contributed by atoms with Gasteiger partial charge in [-0.15, -0.1) is 5.11 Å². The monoisotopic (exact) mass is 246 g/mol. The lowest BCUT2D eigenvalue weighted by Gasteiger charge is -2.00. The number of carbonyl (C=O) groups excluding carboxylic acids is 2. The molecule has 0 aliphatic carbocycles. The van der Waals surface area contributed by atoms with Gasteiger partial charge in [0.05, 0.1) is 12.1 Å². The Balaban J connectivity index is 2.98. The first-order valence-electron chi connectivity index (χ1n) is 5.40. The van der Waals surface area contributed by atoms with Crippen molar-refractivity contribution in [3.8, 4) is 0 Å². The summed E-state index contributed by atoms with van der Waals surface area (Å²) in [5.41, 5.74) is 0.376. The summed E-state index contributed by atoms with van der Waals surface area (Å²) in [6.07, 6.45) is -0.220. The Morgan fingerprint density at radius 3 is 2.28 bits per heavy atom. The van der Waals surface area contributed by atoms with Crippen LogP contribution in [-0.2, 0) is 9.59 Å². The van der Waals surface area contributed by atoms with E-state index in [2.05, 4.69) is 10.2 Å². The van der Waals surface area contributed by atoms with E-state index in [1.807, 2.05) is 6.07 Å². The summed E-state index contributed by atoms with van der Waals surface area (Å²) < 4.78 is 0. The van der Waals surface area contributed by atoms with Gasteiger partial charge >= 0.3 is 0 Å². The zero-order valence-corrected chi connectivity index (χ0v) is 10.3. The Kier molecular flexibility index (Phi) is 4.92. The molecular weight excluding hydrogens is 232 g/mol. The standard InChI is InChI=1S/C13H14N2O3/c1-9(16)8-12(18)13(10(2)17)15-14-11-6-4-3-5-7-11/h3-7,18H,8H2,1-2H3. The van der Waals surface area contributed by atoms with Crippen molar-refractivity contribution in [1.29, 1.82) is 0 Å². The summed E-state index contributed by atoms with van der Waals surface area (Å²) in [6.45, 7) is 2.58. The summed E-state index contributed by atoms with van der Waals surface area (Å²) >= 11 is 0. The highest BCUT2D eigenvalue weighted by atomic mass is 16.3. The molecule has 1 aromatic rings. The van der Waals surface area contributed by atoms with Gasteiger partial charge in [-0.2, -0.15) is 5.11 Å². The molecule has 1 N–H and O–H groups in total. The van der Waals surface area contributed by atoms with E-state index < -0.39 is 5.78 Å². The minimum absolute atomic E-state index is 0.186. The molecule has 0 radical (unpaired) electrons. The van der Waals surface area contributed by atoms with E-state index in [-0.39, 0.29) is 23.7 Å². The number of hydrogen-bond acceptors (Lipinski definition) is 5. The number of aliphatic hydroxyl groups is 1. The van der Waals surface area contributed by atoms with Crippen LogP contribution in [0, 0.1) is 0 Å². The summed E-state index contributed by atoms with van der Waals surface area (Å²) in [5.74, 6) is -1.04. The van der Waals surface area contributed by atoms with Crippen molar-refractivity contribution in [3.05, 3.63) is 41.8 Å². The molecule has 5 nitrogen and oxygen atoms in total. The Bertz CT molecular complexity index is 504. The van der Waals surface area contributed by atoms with Crippen LogP contribution in [0.1, 0.15) is 20.3 Å². The zero-order valence-electron chi connectivity index (χ0n) is 10.3. The third-order valence-corrected chi connectivity index (χ3v) is 2.04. The molecule has 5 heteroatoms. The maximum absolute atomic E-state index is 11.3. The number of allylic oxidation sites excluding steroid dienone is 2. The molecular formula is C13H14N2O3. The number of benzene rings is 1. The van der Waals surface area contributed by atoms with Gasteiger partial charge in [-0.25, -0.2) is 0 Å². The number of azo groups is 1. The Morgan fingerprint density at radius 2 is 1.78 bits per heavy atom. The topological polar surface area (TPSA) is 79.1 Å². The number of aliphatic hydroxyl groups excluding tert-OH is 1. The second-order valence-electron chi connectivity index (χ2n) is 3.77. The van der Waals surface area contributed by atoms with Crippen LogP contribution in [0.5, 0.6) is 0 Å². The van der Waals surface area contributed by atoms with Gasteiger partial charge in [-0.1, -0.05) is 18.2 Å². The Morgan fingerprint density at radius 1 is 1.17 bits per heavy atom. The van der Waals surface area contributed by atoms with Gasteiger partial charge in [-0.05, 0) is 19.1 Å². The van der Waals surface area contributed by atoms with Crippen molar-refractivity contribution in [2.75, 3.05) is 0 Å². The molecule has 0 unspecified atom stereocenters. The fraction of sp³-hybridized carbons (Fsp3) is 0.231. The predicted octanol–water partition coefficient (Wildman–Crippen LogP) is 3.11. The van der Waals surface area contributed by atoms with E-state index in [1.54, 1.807) is 24.3 Å². The SMILES string of the molecule is CC(=O)CC(O)=C(N=Nc1ccccc1)C(C)=O. The molecule has 18 heavy (non-hydrogen) atoms. The van der Waals surface area contributed by atoms with Crippen LogP contribution in [0.4, 0.5) is 5.69 Å². The van der Waals surface area contributed by atoms with E-state index in [4.69, 9.17) is 0 Å². The van der Waals surface area contributed by atoms with Gasteiger partial charge < -0.3 is 5.11 Å². The number of carbonyl (C=O) groups is 2. The van der Waals surface area contributed by atoms with E-state index in [0.717, 1.165) is 0 Å². The van der Waals surface area contributed by atoms with Crippen molar-refractivity contribution in [1.82, 2.24) is 0 Å². The lowest BCUT2D eigenvalue weighted by molar-refractivity contribution is -0.116. The van der Waals surface area contributed by atoms with Gasteiger partial charge in [0, 0.05) is 6.92 Å². The van der Waals surface area contributed by atoms with E-state index in [9.17, 15) is 14.7 Å². The first-order valence-corrected chi connectivity index (χ1v) is 5.40. The highest BCUT2D eigenvalue weighted by Crippen LogP contribution is 2.15. The zero-order chi connectivity index (χ0) is 13.5. The quantitative estimate of drug-likeness (QED) is 0.492. The van der Waals surface area contributed by atoms with Crippen molar-refractivity contribution in [2.45, 2.75) is 20.3 Å². The second-order valence-corrected chi connectivity index (χ2v) is 3.77. The number of nitrogens with zero attached hydrogens (tertiary/aromatic N) is 2. The smallest absolute Gasteiger partial charge is 0.183 e. The van der Waals surface area contributed by atoms with Crippen LogP contribution in [-0.4, -0.2) is 16.7 Å². The maximum Gasteiger partial charge on any atom is 0.183 e. The number of ketones is 2. The molecule has 0 aliphatic rings. The van der Waals surface area contributed by atoms with E-state index in [1.165, 1.54) is 13.8 Å². The molecule has 1 aromatic carbocycles. The Hall–Kier alpha value is -2.30. The largest absolute Gasteiger partial charge is 0.509 e. The van der Waals surface area contributed by atoms with Gasteiger partial charge in [0.1, 0.15) is 11.5 Å². The van der Waals surface area contributed by atoms with Crippen LogP contribution in [0.3, 0.4) is 0 Å². The van der Waals surface area contributed by atoms with Crippen LogP contribution < -0.4 is 0 Å². The van der Waals surface area contributed by atoms with Gasteiger partial charge in [-0.3, -0.25) is 9.59 Å². The van der Waals surface area contributed by atoms with Crippen LogP contribution in [0.15, 0.2) is 52.0 Å². The molecule has 0 aliphatic heterocycles. The second kappa shape index (κ2) is 6.44. The maximum atomic E-state index is 11.3. The minimum Gasteiger partial charge on any atom is -0.509 e. The third kappa shape index (κ3) is 4.29. The van der Waals surface area contributed by atoms with Crippen LogP contribution in [0.25, 0.3) is 0 Å². The lowest BCUT2D eigenvalue weighted by atomic mass is 10.2. The lowest BCUT2D eigenvalue weighted by Crippen LogP contribution is -2.02. The molecule has 0 atom stereocenters. The summed E-state index contributed by atoms with van der Waals surface area (Å²) in [6, 6.07) is 8.81. The number of Topliss-reactive ketones (excluding diaryl/α,β-unsaturated/α-hetero) is 2. The summed E-state index contributed by atoms with van der Waals surface area (Å²) in [4.78, 5) is 22.2. The first kappa shape index (κ1) is 13.8. The molecule has 0 amide bonds. The third-order valence-electron chi connectivity index (χ3n) is 2.04. The molecule has 0 spiro atoms. The van der Waals surface area contributed by atoms with Crippen LogP contribution in [0.2, 0.25) is 0 Å². The van der Waals surface area contributed by atoms with Crippen molar-refractivity contribution in [2.24, 2.45) is 10.2 Å². The average molecular weight is 246 g/mol. The van der Waals surface area contributed by atoms with Crippen molar-refractivity contribution in [3.63, 3.8) is 0 Å². The van der Waals surface area contributed by atoms with Crippen LogP contribution >= 0.6 is 0 Å². The van der Waals surface area contributed by atoms with Gasteiger partial charge in [0.25, 0.3) is 0 Å². The van der Waals surface area contributed by atoms with Gasteiger partial charge in [0.15, 0.2) is 11.5 Å². The molecule has 0 saturated carbocycles. The van der Waals surface area contributed by atoms with Crippen molar-refractivity contribution < 1.29 is 14.7 Å². The first-order chi connectivity index (χ1) is 8.50. The molecule has 0 fully saturated rings. The molecule has 0 heterocycles. The highest BCUT2D eigenvalue weighted by Gasteiger charge is 2.12. The molecule has 0 bridgehead atoms. The Labute approximate surface area is 105 Å². The molecule has 1 rings (SSSR count).